The van der Waals surface area contributed by atoms with E-state index in [1.54, 1.807) is 6.20 Å². The molecule has 0 aliphatic heterocycles. The van der Waals surface area contributed by atoms with Gasteiger partial charge in [0.2, 0.25) is 0 Å². The molecule has 4 nitrogen and oxygen atoms in total. The average molecular weight is 234 g/mol. The van der Waals surface area contributed by atoms with Crippen molar-refractivity contribution in [2.45, 2.75) is 25.7 Å². The van der Waals surface area contributed by atoms with Crippen LogP contribution in [0.25, 0.3) is 0 Å². The maximum absolute atomic E-state index is 10.6. The summed E-state index contributed by atoms with van der Waals surface area (Å²) in [5.74, 6) is 0.808. The van der Waals surface area contributed by atoms with Crippen LogP contribution in [-0.4, -0.2) is 22.6 Å². The molecule has 1 aliphatic carbocycles. The van der Waals surface area contributed by atoms with Gasteiger partial charge in [0.15, 0.2) is 0 Å². The Morgan fingerprint density at radius 1 is 1.47 bits per heavy atom. The van der Waals surface area contributed by atoms with Gasteiger partial charge in [0.05, 0.1) is 5.92 Å². The number of hydrogen-bond donors (Lipinski definition) is 2. The molecular formula is C13H18N2O2. The van der Waals surface area contributed by atoms with Crippen molar-refractivity contribution in [2.24, 2.45) is 11.8 Å². The number of nitrogens with one attached hydrogen (secondary N) is 1. The first-order valence-electron chi connectivity index (χ1n) is 6.13. The number of carbonyl (C=O) groups is 1. The fourth-order valence-electron chi connectivity index (χ4n) is 2.25. The molecule has 1 aliphatic rings. The molecule has 0 unspecified atom stereocenters. The highest BCUT2D eigenvalue weighted by Gasteiger charge is 2.33. The number of aromatic nitrogens is 1. The van der Waals surface area contributed by atoms with Crippen molar-refractivity contribution in [1.29, 1.82) is 0 Å². The van der Waals surface area contributed by atoms with Crippen LogP contribution in [0.15, 0.2) is 24.4 Å². The van der Waals surface area contributed by atoms with Crippen LogP contribution in [0.3, 0.4) is 0 Å². The van der Waals surface area contributed by atoms with Crippen molar-refractivity contribution < 1.29 is 9.90 Å². The molecule has 0 bridgehead atoms. The van der Waals surface area contributed by atoms with Crippen molar-refractivity contribution in [3.63, 3.8) is 0 Å². The number of pyridine rings is 1. The van der Waals surface area contributed by atoms with E-state index in [0.717, 1.165) is 38.0 Å². The van der Waals surface area contributed by atoms with Crippen LogP contribution in [0.5, 0.6) is 0 Å². The summed E-state index contributed by atoms with van der Waals surface area (Å²) in [4.78, 5) is 14.8. The summed E-state index contributed by atoms with van der Waals surface area (Å²) in [5, 5.41) is 12.0. The number of nitrogens with zero attached hydrogens (tertiary/aromatic N) is 1. The number of carboxylic acids is 1. The summed E-state index contributed by atoms with van der Waals surface area (Å²) in [5.41, 5.74) is 0. The lowest BCUT2D eigenvalue weighted by Gasteiger charge is -2.32. The number of carboxylic acid groups (broad SMARTS) is 1. The lowest BCUT2D eigenvalue weighted by Crippen LogP contribution is -2.30. The summed E-state index contributed by atoms with van der Waals surface area (Å²) in [7, 11) is 0. The number of hydrogen-bond acceptors (Lipinski definition) is 3. The largest absolute Gasteiger partial charge is 0.481 e. The SMILES string of the molecule is O=C(O)C1CC(CCCNc2ccccn2)C1. The average Bonchev–Trinajstić information content (AvgIpc) is 2.27. The zero-order valence-corrected chi connectivity index (χ0v) is 9.80. The van der Waals surface area contributed by atoms with E-state index in [1.807, 2.05) is 18.2 Å². The molecule has 1 fully saturated rings. The third kappa shape index (κ3) is 3.44. The summed E-state index contributed by atoms with van der Waals surface area (Å²) < 4.78 is 0. The topological polar surface area (TPSA) is 62.2 Å². The Kier molecular flexibility index (Phi) is 3.96. The number of aliphatic carboxylic acids is 1. The second kappa shape index (κ2) is 5.66. The Labute approximate surface area is 101 Å². The van der Waals surface area contributed by atoms with Gasteiger partial charge in [-0.3, -0.25) is 4.79 Å². The third-order valence-electron chi connectivity index (χ3n) is 3.35. The van der Waals surface area contributed by atoms with E-state index in [-0.39, 0.29) is 5.92 Å². The van der Waals surface area contributed by atoms with Gasteiger partial charge in [-0.2, -0.15) is 0 Å². The van der Waals surface area contributed by atoms with E-state index < -0.39 is 5.97 Å². The zero-order valence-electron chi connectivity index (χ0n) is 9.80. The first-order chi connectivity index (χ1) is 8.25. The molecule has 0 aromatic carbocycles. The van der Waals surface area contributed by atoms with Gasteiger partial charge in [-0.15, -0.1) is 0 Å². The van der Waals surface area contributed by atoms with Crippen molar-refractivity contribution in [2.75, 3.05) is 11.9 Å². The van der Waals surface area contributed by atoms with Gasteiger partial charge in [-0.1, -0.05) is 6.07 Å². The summed E-state index contributed by atoms with van der Waals surface area (Å²) >= 11 is 0. The van der Waals surface area contributed by atoms with E-state index >= 15 is 0 Å². The summed E-state index contributed by atoms with van der Waals surface area (Å²) in [6.07, 6.45) is 5.68. The van der Waals surface area contributed by atoms with Gasteiger partial charge in [0, 0.05) is 12.7 Å². The number of rotatable bonds is 6. The second-order valence-corrected chi connectivity index (χ2v) is 4.66. The summed E-state index contributed by atoms with van der Waals surface area (Å²) in [6, 6.07) is 5.80. The number of anilines is 1. The predicted molar refractivity (Wildman–Crippen MR) is 65.8 cm³/mol. The molecule has 0 atom stereocenters. The molecule has 2 rings (SSSR count). The smallest absolute Gasteiger partial charge is 0.306 e. The molecule has 1 heterocycles. The monoisotopic (exact) mass is 234 g/mol. The minimum atomic E-state index is -0.632. The highest BCUT2D eigenvalue weighted by atomic mass is 16.4. The van der Waals surface area contributed by atoms with Crippen molar-refractivity contribution in [3.05, 3.63) is 24.4 Å². The molecule has 2 N–H and O–H groups in total. The van der Waals surface area contributed by atoms with Crippen LogP contribution in [0.4, 0.5) is 5.82 Å². The van der Waals surface area contributed by atoms with E-state index in [9.17, 15) is 4.79 Å². The summed E-state index contributed by atoms with van der Waals surface area (Å²) in [6.45, 7) is 0.908. The van der Waals surface area contributed by atoms with Gasteiger partial charge in [-0.25, -0.2) is 4.98 Å². The van der Waals surface area contributed by atoms with Crippen LogP contribution in [0, 0.1) is 11.8 Å². The van der Waals surface area contributed by atoms with Crippen molar-refractivity contribution in [3.8, 4) is 0 Å². The minimum absolute atomic E-state index is 0.0799. The molecule has 1 aromatic heterocycles. The molecule has 17 heavy (non-hydrogen) atoms. The van der Waals surface area contributed by atoms with Crippen LogP contribution in [-0.2, 0) is 4.79 Å². The van der Waals surface area contributed by atoms with Crippen LogP contribution >= 0.6 is 0 Å². The fraction of sp³-hybridized carbons (Fsp3) is 0.538. The predicted octanol–water partition coefficient (Wildman–Crippen LogP) is 2.38. The lowest BCUT2D eigenvalue weighted by atomic mass is 9.73. The first kappa shape index (κ1) is 11.9. The van der Waals surface area contributed by atoms with E-state index in [2.05, 4.69) is 10.3 Å². The van der Waals surface area contributed by atoms with Crippen LogP contribution in [0.2, 0.25) is 0 Å². The molecule has 92 valence electrons. The molecule has 1 saturated carbocycles. The minimum Gasteiger partial charge on any atom is -0.481 e. The Hall–Kier alpha value is -1.58. The molecule has 0 amide bonds. The lowest BCUT2D eigenvalue weighted by molar-refractivity contribution is -0.146. The van der Waals surface area contributed by atoms with Crippen LogP contribution < -0.4 is 5.32 Å². The van der Waals surface area contributed by atoms with Crippen molar-refractivity contribution in [1.82, 2.24) is 4.98 Å². The second-order valence-electron chi connectivity index (χ2n) is 4.66. The molecular weight excluding hydrogens is 216 g/mol. The Morgan fingerprint density at radius 3 is 2.94 bits per heavy atom. The first-order valence-corrected chi connectivity index (χ1v) is 6.13. The van der Waals surface area contributed by atoms with E-state index in [4.69, 9.17) is 5.11 Å². The Morgan fingerprint density at radius 2 is 2.29 bits per heavy atom. The molecule has 0 saturated heterocycles. The van der Waals surface area contributed by atoms with Gasteiger partial charge in [0.1, 0.15) is 5.82 Å². The normalized spacial score (nSPS) is 22.8. The van der Waals surface area contributed by atoms with Crippen LogP contribution in [0.1, 0.15) is 25.7 Å². The fourth-order valence-corrected chi connectivity index (χ4v) is 2.25. The molecule has 4 heteroatoms. The van der Waals surface area contributed by atoms with Gasteiger partial charge < -0.3 is 10.4 Å². The maximum Gasteiger partial charge on any atom is 0.306 e. The van der Waals surface area contributed by atoms with Gasteiger partial charge >= 0.3 is 5.97 Å². The quantitative estimate of drug-likeness (QED) is 0.742. The van der Waals surface area contributed by atoms with Gasteiger partial charge in [0.25, 0.3) is 0 Å². The zero-order chi connectivity index (χ0) is 12.1. The Balaban J connectivity index is 1.55. The van der Waals surface area contributed by atoms with E-state index in [1.165, 1.54) is 0 Å². The Bertz CT molecular complexity index is 361. The third-order valence-corrected chi connectivity index (χ3v) is 3.35. The molecule has 0 spiro atoms. The molecule has 1 aromatic rings. The van der Waals surface area contributed by atoms with E-state index in [0.29, 0.717) is 5.92 Å². The standard InChI is InChI=1S/C13H18N2O2/c16-13(17)11-8-10(9-11)4-3-7-15-12-5-1-2-6-14-12/h1-2,5-6,10-11H,3-4,7-9H2,(H,14,15)(H,16,17). The molecule has 0 radical (unpaired) electrons. The highest BCUT2D eigenvalue weighted by Crippen LogP contribution is 2.36. The van der Waals surface area contributed by atoms with Crippen molar-refractivity contribution >= 4 is 11.8 Å². The highest BCUT2D eigenvalue weighted by molar-refractivity contribution is 5.71. The van der Waals surface area contributed by atoms with Gasteiger partial charge in [-0.05, 0) is 43.7 Å². The maximum atomic E-state index is 10.6.